The maximum atomic E-state index is 5.36. The van der Waals surface area contributed by atoms with Gasteiger partial charge in [-0.25, -0.2) is 0 Å². The predicted molar refractivity (Wildman–Crippen MR) is 78.5 cm³/mol. The molecule has 1 aromatic rings. The number of hydrogen-bond donors (Lipinski definition) is 1. The summed E-state index contributed by atoms with van der Waals surface area (Å²) in [6.07, 6.45) is 2.78. The molecule has 19 heavy (non-hydrogen) atoms. The molecule has 0 bridgehead atoms. The van der Waals surface area contributed by atoms with Gasteiger partial charge in [0.05, 0.1) is 6.61 Å². The van der Waals surface area contributed by atoms with Crippen molar-refractivity contribution in [1.82, 2.24) is 5.32 Å². The second-order valence-electron chi connectivity index (χ2n) is 5.91. The molecule has 3 rings (SSSR count). The number of nitrogens with zero attached hydrogens (tertiary/aromatic N) is 1. The van der Waals surface area contributed by atoms with Crippen molar-refractivity contribution in [2.24, 2.45) is 5.92 Å². The molecule has 1 aliphatic carbocycles. The molecule has 0 aromatic heterocycles. The summed E-state index contributed by atoms with van der Waals surface area (Å²) in [7, 11) is 1.79. The molecule has 2 unspecified atom stereocenters. The summed E-state index contributed by atoms with van der Waals surface area (Å²) < 4.78 is 5.36. The molecule has 2 aliphatic rings. The van der Waals surface area contributed by atoms with Gasteiger partial charge in [0.1, 0.15) is 0 Å². The van der Waals surface area contributed by atoms with Crippen LogP contribution in [0.15, 0.2) is 24.3 Å². The van der Waals surface area contributed by atoms with E-state index in [1.54, 1.807) is 7.11 Å². The summed E-state index contributed by atoms with van der Waals surface area (Å²) in [5.74, 6) is 0.881. The van der Waals surface area contributed by atoms with E-state index in [4.69, 9.17) is 4.74 Å². The third-order valence-corrected chi connectivity index (χ3v) is 4.38. The molecule has 1 heterocycles. The van der Waals surface area contributed by atoms with Gasteiger partial charge >= 0.3 is 0 Å². The van der Waals surface area contributed by atoms with Crippen molar-refractivity contribution in [1.29, 1.82) is 0 Å². The summed E-state index contributed by atoms with van der Waals surface area (Å²) >= 11 is 0. The lowest BCUT2D eigenvalue weighted by Gasteiger charge is -2.33. The lowest BCUT2D eigenvalue weighted by molar-refractivity contribution is 0.180. The van der Waals surface area contributed by atoms with E-state index in [1.165, 1.54) is 24.1 Å². The van der Waals surface area contributed by atoms with Gasteiger partial charge in [-0.2, -0.15) is 0 Å². The van der Waals surface area contributed by atoms with Crippen LogP contribution in [0, 0.1) is 5.92 Å². The third-order valence-electron chi connectivity index (χ3n) is 4.38. The minimum atomic E-state index is 0.423. The first-order valence-corrected chi connectivity index (χ1v) is 7.36. The van der Waals surface area contributed by atoms with Crippen molar-refractivity contribution >= 4 is 5.69 Å². The Bertz CT molecular complexity index is 431. The van der Waals surface area contributed by atoms with Crippen LogP contribution >= 0.6 is 0 Å². The lowest BCUT2D eigenvalue weighted by atomic mass is 10.1. The molecule has 104 valence electrons. The van der Waals surface area contributed by atoms with Crippen molar-refractivity contribution in [3.63, 3.8) is 0 Å². The van der Waals surface area contributed by atoms with E-state index in [9.17, 15) is 0 Å². The predicted octanol–water partition coefficient (Wildman–Crippen LogP) is 2.41. The van der Waals surface area contributed by atoms with E-state index >= 15 is 0 Å². The van der Waals surface area contributed by atoms with Crippen LogP contribution in [0.4, 0.5) is 5.69 Å². The average Bonchev–Trinajstić information content (AvgIpc) is 3.24. The highest BCUT2D eigenvalue weighted by atomic mass is 16.5. The van der Waals surface area contributed by atoms with Gasteiger partial charge in [-0.05, 0) is 37.3 Å². The van der Waals surface area contributed by atoms with Crippen molar-refractivity contribution in [3.8, 4) is 0 Å². The molecule has 0 saturated heterocycles. The molecule has 3 nitrogen and oxygen atoms in total. The fraction of sp³-hybridized carbons (Fsp3) is 0.625. The highest BCUT2D eigenvalue weighted by Gasteiger charge is 2.35. The largest absolute Gasteiger partial charge is 0.383 e. The fourth-order valence-corrected chi connectivity index (χ4v) is 3.12. The van der Waals surface area contributed by atoms with Crippen molar-refractivity contribution < 1.29 is 4.74 Å². The maximum Gasteiger partial charge on any atom is 0.0663 e. The molecule has 1 aromatic carbocycles. The van der Waals surface area contributed by atoms with E-state index in [2.05, 4.69) is 41.4 Å². The van der Waals surface area contributed by atoms with E-state index in [0.717, 1.165) is 25.6 Å². The van der Waals surface area contributed by atoms with Gasteiger partial charge in [0.2, 0.25) is 0 Å². The minimum Gasteiger partial charge on any atom is -0.383 e. The van der Waals surface area contributed by atoms with Crippen LogP contribution in [0.25, 0.3) is 0 Å². The molecule has 1 aliphatic heterocycles. The molecule has 0 amide bonds. The van der Waals surface area contributed by atoms with Crippen molar-refractivity contribution in [2.75, 3.05) is 25.2 Å². The zero-order chi connectivity index (χ0) is 13.2. The zero-order valence-electron chi connectivity index (χ0n) is 11.9. The molecule has 1 N–H and O–H groups in total. The summed E-state index contributed by atoms with van der Waals surface area (Å²) in [6.45, 7) is 5.14. The van der Waals surface area contributed by atoms with Gasteiger partial charge in [0, 0.05) is 38.0 Å². The molecule has 0 radical (unpaired) electrons. The highest BCUT2D eigenvalue weighted by molar-refractivity contribution is 5.55. The van der Waals surface area contributed by atoms with E-state index < -0.39 is 0 Å². The number of ether oxygens (including phenoxy) is 1. The Morgan fingerprint density at radius 1 is 1.37 bits per heavy atom. The molecular weight excluding hydrogens is 236 g/mol. The molecule has 2 atom stereocenters. The van der Waals surface area contributed by atoms with Gasteiger partial charge in [0.15, 0.2) is 0 Å². The van der Waals surface area contributed by atoms with Crippen LogP contribution in [-0.2, 0) is 11.3 Å². The molecule has 0 spiro atoms. The quantitative estimate of drug-likeness (QED) is 0.899. The van der Waals surface area contributed by atoms with Crippen LogP contribution < -0.4 is 10.2 Å². The van der Waals surface area contributed by atoms with Crippen molar-refractivity contribution in [3.05, 3.63) is 29.8 Å². The van der Waals surface area contributed by atoms with Crippen LogP contribution in [0.5, 0.6) is 0 Å². The minimum absolute atomic E-state index is 0.423. The third kappa shape index (κ3) is 2.77. The number of para-hydroxylation sites is 1. The van der Waals surface area contributed by atoms with Gasteiger partial charge in [-0.3, -0.25) is 0 Å². The van der Waals surface area contributed by atoms with Gasteiger partial charge < -0.3 is 15.0 Å². The molecule has 1 fully saturated rings. The number of rotatable bonds is 4. The van der Waals surface area contributed by atoms with Gasteiger partial charge in [-0.15, -0.1) is 0 Å². The number of nitrogens with one attached hydrogen (secondary N) is 1. The standard InChI is InChI=1S/C16H24N2O/c1-12(11-19-2)18-10-15(13-7-8-13)17-9-14-5-3-4-6-16(14)18/h3-6,12-13,15,17H,7-11H2,1-2H3. The van der Waals surface area contributed by atoms with E-state index in [0.29, 0.717) is 12.1 Å². The van der Waals surface area contributed by atoms with E-state index in [-0.39, 0.29) is 0 Å². The van der Waals surface area contributed by atoms with Crippen molar-refractivity contribution in [2.45, 2.75) is 38.4 Å². The van der Waals surface area contributed by atoms with Crippen LogP contribution in [0.3, 0.4) is 0 Å². The highest BCUT2D eigenvalue weighted by Crippen LogP contribution is 2.36. The molecular formula is C16H24N2O. The Morgan fingerprint density at radius 3 is 2.89 bits per heavy atom. The van der Waals surface area contributed by atoms with E-state index in [1.807, 2.05) is 0 Å². The Morgan fingerprint density at radius 2 is 2.16 bits per heavy atom. The second kappa shape index (κ2) is 5.51. The Labute approximate surface area is 115 Å². The van der Waals surface area contributed by atoms with Crippen LogP contribution in [0.1, 0.15) is 25.3 Å². The Kier molecular flexibility index (Phi) is 3.76. The molecule has 3 heteroatoms. The van der Waals surface area contributed by atoms with Crippen LogP contribution in [0.2, 0.25) is 0 Å². The first kappa shape index (κ1) is 12.9. The second-order valence-corrected chi connectivity index (χ2v) is 5.91. The lowest BCUT2D eigenvalue weighted by Crippen LogP contribution is -2.45. The first-order chi connectivity index (χ1) is 9.29. The Hall–Kier alpha value is -1.06. The monoisotopic (exact) mass is 260 g/mol. The number of benzene rings is 1. The zero-order valence-corrected chi connectivity index (χ0v) is 11.9. The number of anilines is 1. The summed E-state index contributed by atoms with van der Waals surface area (Å²) in [5, 5.41) is 3.74. The summed E-state index contributed by atoms with van der Waals surface area (Å²) in [5.41, 5.74) is 2.79. The maximum absolute atomic E-state index is 5.36. The normalized spacial score (nSPS) is 24.7. The number of fused-ring (bicyclic) bond motifs is 1. The SMILES string of the molecule is COCC(C)N1CC(C2CC2)NCc2ccccc21. The average molecular weight is 260 g/mol. The van der Waals surface area contributed by atoms with Gasteiger partial charge in [-0.1, -0.05) is 18.2 Å². The Balaban J connectivity index is 1.86. The summed E-state index contributed by atoms with van der Waals surface area (Å²) in [4.78, 5) is 2.53. The molecule has 1 saturated carbocycles. The smallest absolute Gasteiger partial charge is 0.0663 e. The number of hydrogen-bond acceptors (Lipinski definition) is 3. The fourth-order valence-electron chi connectivity index (χ4n) is 3.12. The van der Waals surface area contributed by atoms with Crippen LogP contribution in [-0.4, -0.2) is 32.3 Å². The summed E-state index contributed by atoms with van der Waals surface area (Å²) in [6, 6.07) is 9.82. The topological polar surface area (TPSA) is 24.5 Å². The van der Waals surface area contributed by atoms with Gasteiger partial charge in [0.25, 0.3) is 0 Å². The first-order valence-electron chi connectivity index (χ1n) is 7.36. The number of methoxy groups -OCH3 is 1.